The first-order chi connectivity index (χ1) is 18.0. The predicted octanol–water partition coefficient (Wildman–Crippen LogP) is 3.13. The summed E-state index contributed by atoms with van der Waals surface area (Å²) in [6, 6.07) is 22.0. The van der Waals surface area contributed by atoms with Gasteiger partial charge in [0.25, 0.3) is 5.91 Å². The fourth-order valence-corrected chi connectivity index (χ4v) is 5.02. The van der Waals surface area contributed by atoms with Crippen LogP contribution in [0.15, 0.2) is 72.8 Å². The van der Waals surface area contributed by atoms with Crippen molar-refractivity contribution >= 4 is 17.8 Å². The van der Waals surface area contributed by atoms with Crippen LogP contribution in [0.25, 0.3) is 11.3 Å². The molecular formula is C29H29N3O5. The Hall–Kier alpha value is -4.04. The molecule has 0 saturated carbocycles. The smallest absolute Gasteiger partial charge is 0.338 e. The van der Waals surface area contributed by atoms with Gasteiger partial charge in [-0.2, -0.15) is 0 Å². The molecule has 0 aliphatic carbocycles. The zero-order valence-corrected chi connectivity index (χ0v) is 20.7. The maximum absolute atomic E-state index is 13.2. The SMILES string of the molecule is COC(=O)c1ccccc1CCC(=O)N1CC(NC(=O)c2cccc(-c3ccccc3)n2)C2(COC2)C1. The molecule has 8 heteroatoms. The molecule has 1 unspecified atom stereocenters. The number of carbonyl (C=O) groups excluding carboxylic acids is 3. The number of likely N-dealkylation sites (tertiary alicyclic amines) is 1. The summed E-state index contributed by atoms with van der Waals surface area (Å²) in [4.78, 5) is 44.7. The first kappa shape index (κ1) is 24.6. The maximum Gasteiger partial charge on any atom is 0.338 e. The number of rotatable bonds is 7. The first-order valence-electron chi connectivity index (χ1n) is 12.3. The summed E-state index contributed by atoms with van der Waals surface area (Å²) in [5.74, 6) is -0.704. The van der Waals surface area contributed by atoms with Gasteiger partial charge in [-0.25, -0.2) is 9.78 Å². The lowest BCUT2D eigenvalue weighted by molar-refractivity contribution is -0.135. The van der Waals surface area contributed by atoms with Crippen LogP contribution < -0.4 is 5.32 Å². The fraction of sp³-hybridized carbons (Fsp3) is 0.310. The zero-order valence-electron chi connectivity index (χ0n) is 20.7. The molecule has 1 N–H and O–H groups in total. The molecular weight excluding hydrogens is 470 g/mol. The number of amides is 2. The van der Waals surface area contributed by atoms with E-state index >= 15 is 0 Å². The van der Waals surface area contributed by atoms with Gasteiger partial charge in [0, 0.05) is 25.1 Å². The predicted molar refractivity (Wildman–Crippen MR) is 137 cm³/mol. The van der Waals surface area contributed by atoms with Gasteiger partial charge in [-0.3, -0.25) is 9.59 Å². The number of carbonyl (C=O) groups is 3. The molecule has 1 atom stereocenters. The second kappa shape index (κ2) is 10.5. The number of esters is 1. The number of pyridine rings is 1. The number of benzene rings is 2. The van der Waals surface area contributed by atoms with Gasteiger partial charge >= 0.3 is 5.97 Å². The van der Waals surface area contributed by atoms with E-state index in [0.29, 0.717) is 44.0 Å². The molecule has 1 spiro atoms. The monoisotopic (exact) mass is 499 g/mol. The highest BCUT2D eigenvalue weighted by atomic mass is 16.5. The van der Waals surface area contributed by atoms with Crippen LogP contribution in [0.2, 0.25) is 0 Å². The third kappa shape index (κ3) is 5.11. The largest absolute Gasteiger partial charge is 0.465 e. The molecule has 2 aliphatic rings. The van der Waals surface area contributed by atoms with Gasteiger partial charge in [0.05, 0.1) is 43.0 Å². The molecule has 3 heterocycles. The third-order valence-corrected chi connectivity index (χ3v) is 7.17. The van der Waals surface area contributed by atoms with Crippen molar-refractivity contribution in [3.63, 3.8) is 0 Å². The molecule has 0 radical (unpaired) electrons. The van der Waals surface area contributed by atoms with Crippen molar-refractivity contribution < 1.29 is 23.9 Å². The van der Waals surface area contributed by atoms with Crippen LogP contribution in [-0.2, 0) is 20.7 Å². The molecule has 5 rings (SSSR count). The third-order valence-electron chi connectivity index (χ3n) is 7.17. The van der Waals surface area contributed by atoms with E-state index < -0.39 is 5.97 Å². The van der Waals surface area contributed by atoms with E-state index in [9.17, 15) is 14.4 Å². The van der Waals surface area contributed by atoms with Crippen molar-refractivity contribution in [3.8, 4) is 11.3 Å². The van der Waals surface area contributed by atoms with Gasteiger partial charge < -0.3 is 19.7 Å². The van der Waals surface area contributed by atoms with E-state index in [1.807, 2.05) is 54.6 Å². The Bertz CT molecular complexity index is 1310. The molecule has 2 amide bonds. The summed E-state index contributed by atoms with van der Waals surface area (Å²) in [5.41, 5.74) is 2.95. The molecule has 3 aromatic rings. The van der Waals surface area contributed by atoms with Crippen LogP contribution in [-0.4, -0.2) is 67.1 Å². The van der Waals surface area contributed by atoms with Crippen LogP contribution in [0.1, 0.15) is 32.8 Å². The molecule has 8 nitrogen and oxygen atoms in total. The number of hydrogen-bond donors (Lipinski definition) is 1. The summed E-state index contributed by atoms with van der Waals surface area (Å²) in [6.45, 7) is 1.91. The summed E-state index contributed by atoms with van der Waals surface area (Å²) in [5, 5.41) is 3.12. The highest BCUT2D eigenvalue weighted by Crippen LogP contribution is 2.38. The minimum atomic E-state index is -0.414. The van der Waals surface area contributed by atoms with Gasteiger partial charge in [-0.1, -0.05) is 54.6 Å². The Morgan fingerprint density at radius 2 is 1.78 bits per heavy atom. The maximum atomic E-state index is 13.2. The van der Waals surface area contributed by atoms with Gasteiger partial charge in [0.2, 0.25) is 5.91 Å². The van der Waals surface area contributed by atoms with Crippen LogP contribution in [0.4, 0.5) is 0 Å². The quantitative estimate of drug-likeness (QED) is 0.502. The molecule has 2 aliphatic heterocycles. The molecule has 2 fully saturated rings. The summed E-state index contributed by atoms with van der Waals surface area (Å²) in [6.07, 6.45) is 0.684. The summed E-state index contributed by atoms with van der Waals surface area (Å²) < 4.78 is 10.4. The molecule has 0 bridgehead atoms. The minimum Gasteiger partial charge on any atom is -0.465 e. The Morgan fingerprint density at radius 1 is 1.03 bits per heavy atom. The van der Waals surface area contributed by atoms with Crippen LogP contribution in [0.5, 0.6) is 0 Å². The van der Waals surface area contributed by atoms with E-state index in [-0.39, 0.29) is 29.7 Å². The highest BCUT2D eigenvalue weighted by Gasteiger charge is 2.53. The van der Waals surface area contributed by atoms with Crippen molar-refractivity contribution in [1.29, 1.82) is 0 Å². The zero-order chi connectivity index (χ0) is 25.8. The average molecular weight is 500 g/mol. The number of nitrogens with zero attached hydrogens (tertiary/aromatic N) is 2. The molecule has 190 valence electrons. The van der Waals surface area contributed by atoms with Crippen molar-refractivity contribution in [2.24, 2.45) is 5.41 Å². The van der Waals surface area contributed by atoms with E-state index in [1.54, 1.807) is 23.1 Å². The topological polar surface area (TPSA) is 97.8 Å². The number of methoxy groups -OCH3 is 1. The van der Waals surface area contributed by atoms with Gasteiger partial charge in [-0.15, -0.1) is 0 Å². The second-order valence-corrected chi connectivity index (χ2v) is 9.58. The normalized spacial score (nSPS) is 17.8. The van der Waals surface area contributed by atoms with Crippen molar-refractivity contribution in [1.82, 2.24) is 15.2 Å². The van der Waals surface area contributed by atoms with Crippen molar-refractivity contribution in [2.75, 3.05) is 33.4 Å². The van der Waals surface area contributed by atoms with Gasteiger partial charge in [0.15, 0.2) is 0 Å². The van der Waals surface area contributed by atoms with Gasteiger partial charge in [-0.05, 0) is 30.2 Å². The van der Waals surface area contributed by atoms with Crippen LogP contribution >= 0.6 is 0 Å². The Morgan fingerprint density at radius 3 is 2.51 bits per heavy atom. The lowest BCUT2D eigenvalue weighted by Crippen LogP contribution is -2.57. The van der Waals surface area contributed by atoms with E-state index in [2.05, 4.69) is 10.3 Å². The lowest BCUT2D eigenvalue weighted by atomic mass is 9.81. The van der Waals surface area contributed by atoms with E-state index in [1.165, 1.54) is 7.11 Å². The average Bonchev–Trinajstić information content (AvgIpc) is 3.32. The molecule has 2 aromatic carbocycles. The second-order valence-electron chi connectivity index (χ2n) is 9.58. The Kier molecular flexibility index (Phi) is 7.01. The van der Waals surface area contributed by atoms with Crippen LogP contribution in [0, 0.1) is 5.41 Å². The van der Waals surface area contributed by atoms with Crippen molar-refractivity contribution in [2.45, 2.75) is 18.9 Å². The Labute approximate surface area is 215 Å². The number of aryl methyl sites for hydroxylation is 1. The first-order valence-corrected chi connectivity index (χ1v) is 12.3. The summed E-state index contributed by atoms with van der Waals surface area (Å²) in [7, 11) is 1.34. The lowest BCUT2D eigenvalue weighted by Gasteiger charge is -2.42. The molecule has 37 heavy (non-hydrogen) atoms. The summed E-state index contributed by atoms with van der Waals surface area (Å²) >= 11 is 0. The molecule has 1 aromatic heterocycles. The standard InChI is InChI=1S/C29H29N3O5/c1-36-28(35)22-11-6-5-8-20(22)14-15-26(33)32-16-25(29(17-32)18-37-19-29)31-27(34)24-13-7-12-23(30-24)21-9-3-2-4-10-21/h2-13,25H,14-19H2,1H3,(H,31,34). The minimum absolute atomic E-state index is 0.0214. The fourth-order valence-electron chi connectivity index (χ4n) is 5.02. The van der Waals surface area contributed by atoms with E-state index in [4.69, 9.17) is 9.47 Å². The number of nitrogens with one attached hydrogen (secondary N) is 1. The Balaban J connectivity index is 1.25. The molecule has 2 saturated heterocycles. The van der Waals surface area contributed by atoms with Gasteiger partial charge in [0.1, 0.15) is 5.69 Å². The highest BCUT2D eigenvalue weighted by molar-refractivity contribution is 5.93. The van der Waals surface area contributed by atoms with Crippen LogP contribution in [0.3, 0.4) is 0 Å². The number of hydrogen-bond acceptors (Lipinski definition) is 6. The van der Waals surface area contributed by atoms with Crippen molar-refractivity contribution in [3.05, 3.63) is 89.6 Å². The number of ether oxygens (including phenoxy) is 2. The van der Waals surface area contributed by atoms with E-state index in [0.717, 1.165) is 16.8 Å². The number of aromatic nitrogens is 1.